The van der Waals surface area contributed by atoms with Gasteiger partial charge in [-0.1, -0.05) is 30.3 Å². The first kappa shape index (κ1) is 21.5. The molecule has 6 nitrogen and oxygen atoms in total. The predicted molar refractivity (Wildman–Crippen MR) is 121 cm³/mol. The third-order valence-corrected chi connectivity index (χ3v) is 8.51. The smallest absolute Gasteiger partial charge is 0.226 e. The van der Waals surface area contributed by atoms with Gasteiger partial charge in [-0.15, -0.1) is 0 Å². The van der Waals surface area contributed by atoms with Gasteiger partial charge in [-0.3, -0.25) is 14.4 Å². The molecule has 5 aliphatic rings. The summed E-state index contributed by atoms with van der Waals surface area (Å²) >= 11 is 0. The van der Waals surface area contributed by atoms with Crippen LogP contribution in [-0.4, -0.2) is 42.3 Å². The molecule has 5 fully saturated rings. The van der Waals surface area contributed by atoms with Gasteiger partial charge in [-0.25, -0.2) is 0 Å². The molecular formula is C26H35N3O3. The van der Waals surface area contributed by atoms with E-state index in [1.54, 1.807) is 4.90 Å². The Morgan fingerprint density at radius 2 is 1.59 bits per heavy atom. The lowest BCUT2D eigenvalue weighted by Crippen LogP contribution is -2.54. The Morgan fingerprint density at radius 1 is 1.00 bits per heavy atom. The summed E-state index contributed by atoms with van der Waals surface area (Å²) in [5.74, 6) is 2.03. The Hall–Kier alpha value is -2.37. The molecule has 1 saturated heterocycles. The van der Waals surface area contributed by atoms with Crippen molar-refractivity contribution in [2.24, 2.45) is 29.1 Å². The number of carbonyl (C=O) groups is 3. The minimum atomic E-state index is -0.326. The maximum atomic E-state index is 13.0. The van der Waals surface area contributed by atoms with Crippen LogP contribution < -0.4 is 10.6 Å². The van der Waals surface area contributed by atoms with Crippen LogP contribution in [0.4, 0.5) is 0 Å². The Balaban J connectivity index is 1.07. The highest BCUT2D eigenvalue weighted by atomic mass is 16.2. The number of hydrogen-bond donors (Lipinski definition) is 2. The average Bonchev–Trinajstić information content (AvgIpc) is 3.17. The van der Waals surface area contributed by atoms with Crippen molar-refractivity contribution in [2.75, 3.05) is 19.6 Å². The molecule has 2 unspecified atom stereocenters. The van der Waals surface area contributed by atoms with Gasteiger partial charge in [0.2, 0.25) is 17.7 Å². The molecule has 4 saturated carbocycles. The fourth-order valence-electron chi connectivity index (χ4n) is 7.28. The number of nitrogens with one attached hydrogen (secondary N) is 2. The van der Waals surface area contributed by atoms with E-state index in [9.17, 15) is 14.4 Å². The highest BCUT2D eigenvalue weighted by Crippen LogP contribution is 2.60. The molecule has 2 atom stereocenters. The van der Waals surface area contributed by atoms with Gasteiger partial charge in [-0.05, 0) is 68.8 Å². The largest absolute Gasteiger partial charge is 0.354 e. The summed E-state index contributed by atoms with van der Waals surface area (Å²) in [6, 6.07) is 9.87. The standard InChI is InChI=1S/C26H35N3O3/c1-17(21-5-3-2-4-6-21)29-16-22(12-23(29)30)24(31)27-7-8-28-25(32)26-13-18-9-19(14-26)11-20(10-18)15-26/h2-6,17-20,22H,7-16H2,1H3,(H,27,31)(H,28,32). The summed E-state index contributed by atoms with van der Waals surface area (Å²) in [5.41, 5.74) is 0.930. The van der Waals surface area contributed by atoms with Crippen molar-refractivity contribution in [3.05, 3.63) is 35.9 Å². The van der Waals surface area contributed by atoms with Crippen LogP contribution in [0.5, 0.6) is 0 Å². The maximum absolute atomic E-state index is 13.0. The second kappa shape index (κ2) is 8.53. The van der Waals surface area contributed by atoms with Gasteiger partial charge in [0, 0.05) is 31.5 Å². The highest BCUT2D eigenvalue weighted by molar-refractivity contribution is 5.89. The number of carbonyl (C=O) groups excluding carboxylic acids is 3. The van der Waals surface area contributed by atoms with Gasteiger partial charge >= 0.3 is 0 Å². The quantitative estimate of drug-likeness (QED) is 0.644. The maximum Gasteiger partial charge on any atom is 0.226 e. The molecule has 0 radical (unpaired) electrons. The van der Waals surface area contributed by atoms with E-state index in [1.807, 2.05) is 37.3 Å². The second-order valence-corrected chi connectivity index (χ2v) is 10.8. The molecule has 4 aliphatic carbocycles. The van der Waals surface area contributed by atoms with Crippen LogP contribution in [0.1, 0.15) is 63.5 Å². The fourth-order valence-corrected chi connectivity index (χ4v) is 7.28. The van der Waals surface area contributed by atoms with E-state index in [1.165, 1.54) is 19.3 Å². The summed E-state index contributed by atoms with van der Waals surface area (Å²) < 4.78 is 0. The van der Waals surface area contributed by atoms with Crippen LogP contribution in [0.2, 0.25) is 0 Å². The van der Waals surface area contributed by atoms with Crippen molar-refractivity contribution < 1.29 is 14.4 Å². The van der Waals surface area contributed by atoms with Crippen LogP contribution in [-0.2, 0) is 14.4 Å². The number of hydrogen-bond acceptors (Lipinski definition) is 3. The van der Waals surface area contributed by atoms with E-state index in [2.05, 4.69) is 10.6 Å². The Bertz CT molecular complexity index is 848. The summed E-state index contributed by atoms with van der Waals surface area (Å²) in [7, 11) is 0. The molecule has 6 rings (SSSR count). The molecule has 6 heteroatoms. The van der Waals surface area contributed by atoms with Crippen molar-refractivity contribution in [2.45, 2.75) is 57.9 Å². The lowest BCUT2D eigenvalue weighted by Gasteiger charge is -2.55. The van der Waals surface area contributed by atoms with Gasteiger partial charge in [-0.2, -0.15) is 0 Å². The SMILES string of the molecule is CC(c1ccccc1)N1CC(C(=O)NCCNC(=O)C23CC4CC(CC(C4)C2)C3)CC1=O. The lowest BCUT2D eigenvalue weighted by atomic mass is 9.49. The number of likely N-dealkylation sites (tertiary alicyclic amines) is 1. The third-order valence-electron chi connectivity index (χ3n) is 8.51. The molecule has 1 aromatic rings. The van der Waals surface area contributed by atoms with Crippen molar-refractivity contribution in [1.82, 2.24) is 15.5 Å². The zero-order valence-corrected chi connectivity index (χ0v) is 19.0. The molecule has 2 N–H and O–H groups in total. The van der Waals surface area contributed by atoms with Gasteiger partial charge in [0.15, 0.2) is 0 Å². The molecule has 32 heavy (non-hydrogen) atoms. The average molecular weight is 438 g/mol. The Kier molecular flexibility index (Phi) is 5.72. The molecule has 0 aromatic heterocycles. The van der Waals surface area contributed by atoms with Gasteiger partial charge in [0.05, 0.1) is 12.0 Å². The van der Waals surface area contributed by atoms with Gasteiger partial charge in [0.25, 0.3) is 0 Å². The number of amides is 3. The molecule has 1 aromatic carbocycles. The lowest BCUT2D eigenvalue weighted by molar-refractivity contribution is -0.146. The third kappa shape index (κ3) is 4.04. The zero-order chi connectivity index (χ0) is 22.3. The monoisotopic (exact) mass is 437 g/mol. The number of rotatable bonds is 7. The van der Waals surface area contributed by atoms with Crippen LogP contribution in [0, 0.1) is 29.1 Å². The van der Waals surface area contributed by atoms with E-state index < -0.39 is 0 Å². The number of nitrogens with zero attached hydrogens (tertiary/aromatic N) is 1. The molecule has 172 valence electrons. The summed E-state index contributed by atoms with van der Waals surface area (Å²) in [6.07, 6.45) is 7.38. The first-order chi connectivity index (χ1) is 15.4. The van der Waals surface area contributed by atoms with Crippen LogP contribution in [0.15, 0.2) is 30.3 Å². The molecular weight excluding hydrogens is 402 g/mol. The number of benzene rings is 1. The minimum absolute atomic E-state index is 0.0247. The molecule has 3 amide bonds. The Morgan fingerprint density at radius 3 is 2.22 bits per heavy atom. The molecule has 1 heterocycles. The zero-order valence-electron chi connectivity index (χ0n) is 19.0. The summed E-state index contributed by atoms with van der Waals surface area (Å²) in [5, 5.41) is 6.05. The minimum Gasteiger partial charge on any atom is -0.354 e. The summed E-state index contributed by atoms with van der Waals surface area (Å²) in [6.45, 7) is 3.32. The molecule has 0 spiro atoms. The van der Waals surface area contributed by atoms with Crippen molar-refractivity contribution >= 4 is 17.7 Å². The Labute approximate surface area is 190 Å². The van der Waals surface area contributed by atoms with E-state index in [-0.39, 0.29) is 41.5 Å². The highest BCUT2D eigenvalue weighted by Gasteiger charge is 2.54. The van der Waals surface area contributed by atoms with E-state index >= 15 is 0 Å². The first-order valence-electron chi connectivity index (χ1n) is 12.3. The van der Waals surface area contributed by atoms with Crippen LogP contribution in [0.25, 0.3) is 0 Å². The predicted octanol–water partition coefficient (Wildman–Crippen LogP) is 3.04. The van der Waals surface area contributed by atoms with E-state index in [0.717, 1.165) is 42.6 Å². The second-order valence-electron chi connectivity index (χ2n) is 10.8. The summed E-state index contributed by atoms with van der Waals surface area (Å²) in [4.78, 5) is 40.0. The van der Waals surface area contributed by atoms with E-state index in [0.29, 0.717) is 19.6 Å². The molecule has 4 bridgehead atoms. The van der Waals surface area contributed by atoms with E-state index in [4.69, 9.17) is 0 Å². The fraction of sp³-hybridized carbons (Fsp3) is 0.654. The van der Waals surface area contributed by atoms with Crippen molar-refractivity contribution in [1.29, 1.82) is 0 Å². The normalized spacial score (nSPS) is 33.9. The van der Waals surface area contributed by atoms with Crippen LogP contribution >= 0.6 is 0 Å². The van der Waals surface area contributed by atoms with Gasteiger partial charge < -0.3 is 15.5 Å². The van der Waals surface area contributed by atoms with Crippen molar-refractivity contribution in [3.8, 4) is 0 Å². The van der Waals surface area contributed by atoms with Crippen molar-refractivity contribution in [3.63, 3.8) is 0 Å². The first-order valence-corrected chi connectivity index (χ1v) is 12.3. The van der Waals surface area contributed by atoms with Crippen LogP contribution in [0.3, 0.4) is 0 Å². The van der Waals surface area contributed by atoms with Gasteiger partial charge in [0.1, 0.15) is 0 Å². The molecule has 1 aliphatic heterocycles. The topological polar surface area (TPSA) is 78.5 Å².